The quantitative estimate of drug-likeness (QED) is 0.762. The van der Waals surface area contributed by atoms with Gasteiger partial charge in [-0.1, -0.05) is 27.7 Å². The molecule has 0 saturated heterocycles. The number of nitrogens with one attached hydrogen (secondary N) is 1. The Morgan fingerprint density at radius 3 is 2.68 bits per heavy atom. The Labute approximate surface area is 125 Å². The van der Waals surface area contributed by atoms with Crippen molar-refractivity contribution in [3.8, 4) is 0 Å². The Hall–Kier alpha value is -0.0600. The summed E-state index contributed by atoms with van der Waals surface area (Å²) in [6, 6.07) is 0.778. The maximum absolute atomic E-state index is 4.87. The Kier molecular flexibility index (Phi) is 5.72. The van der Waals surface area contributed by atoms with Gasteiger partial charge in [-0.2, -0.15) is 11.8 Å². The van der Waals surface area contributed by atoms with Crippen LogP contribution in [0.3, 0.4) is 0 Å². The van der Waals surface area contributed by atoms with Crippen molar-refractivity contribution in [2.24, 2.45) is 0 Å². The molecule has 0 bridgehead atoms. The fourth-order valence-electron chi connectivity index (χ4n) is 1.91. The van der Waals surface area contributed by atoms with Gasteiger partial charge in [0.25, 0.3) is 0 Å². The van der Waals surface area contributed by atoms with E-state index < -0.39 is 0 Å². The molecule has 2 nitrogen and oxygen atoms in total. The predicted molar refractivity (Wildman–Crippen MR) is 87.1 cm³/mol. The fourth-order valence-corrected chi connectivity index (χ4v) is 4.05. The molecule has 1 heterocycles. The molecule has 1 saturated carbocycles. The lowest BCUT2D eigenvalue weighted by molar-refractivity contribution is 0.680. The molecule has 2 rings (SSSR count). The topological polar surface area (TPSA) is 24.9 Å². The smallest absolute Gasteiger partial charge is 0.103 e. The summed E-state index contributed by atoms with van der Waals surface area (Å²) in [5.41, 5.74) is 1.32. The standard InChI is InChI=1S/C15H26N2S2/c1-5-11(4)18-9-14-17-15(10(2)3)13(19-14)8-16-12-6-7-12/h10-12,16H,5-9H2,1-4H3. The van der Waals surface area contributed by atoms with E-state index in [4.69, 9.17) is 4.98 Å². The number of rotatable bonds is 8. The van der Waals surface area contributed by atoms with Crippen molar-refractivity contribution < 1.29 is 0 Å². The Morgan fingerprint density at radius 2 is 2.11 bits per heavy atom. The van der Waals surface area contributed by atoms with Crippen molar-refractivity contribution in [3.05, 3.63) is 15.6 Å². The largest absolute Gasteiger partial charge is 0.309 e. The van der Waals surface area contributed by atoms with Crippen LogP contribution in [0.25, 0.3) is 0 Å². The van der Waals surface area contributed by atoms with Gasteiger partial charge in [0.2, 0.25) is 0 Å². The van der Waals surface area contributed by atoms with Gasteiger partial charge in [-0.3, -0.25) is 0 Å². The van der Waals surface area contributed by atoms with Crippen molar-refractivity contribution in [1.29, 1.82) is 0 Å². The summed E-state index contributed by atoms with van der Waals surface area (Å²) in [4.78, 5) is 6.33. The zero-order valence-corrected chi connectivity index (χ0v) is 14.2. The van der Waals surface area contributed by atoms with Crippen LogP contribution in [0, 0.1) is 0 Å². The number of hydrogen-bond donors (Lipinski definition) is 1. The average Bonchev–Trinajstić information content (AvgIpc) is 3.12. The summed E-state index contributed by atoms with van der Waals surface area (Å²) in [6.07, 6.45) is 3.95. The van der Waals surface area contributed by atoms with Crippen molar-refractivity contribution in [1.82, 2.24) is 10.3 Å². The number of thioether (sulfide) groups is 1. The number of hydrogen-bond acceptors (Lipinski definition) is 4. The van der Waals surface area contributed by atoms with Crippen molar-refractivity contribution in [2.75, 3.05) is 0 Å². The van der Waals surface area contributed by atoms with Crippen LogP contribution in [0.15, 0.2) is 0 Å². The minimum absolute atomic E-state index is 0.537. The highest BCUT2D eigenvalue weighted by atomic mass is 32.2. The zero-order chi connectivity index (χ0) is 13.8. The second-order valence-electron chi connectivity index (χ2n) is 5.76. The molecule has 4 heteroatoms. The van der Waals surface area contributed by atoms with Crippen LogP contribution in [0.4, 0.5) is 0 Å². The highest BCUT2D eigenvalue weighted by Gasteiger charge is 2.22. The van der Waals surface area contributed by atoms with E-state index in [1.165, 1.54) is 34.8 Å². The lowest BCUT2D eigenvalue weighted by Crippen LogP contribution is -2.15. The molecule has 1 aromatic heterocycles. The second-order valence-corrected chi connectivity index (χ2v) is 8.35. The van der Waals surface area contributed by atoms with Gasteiger partial charge in [0, 0.05) is 28.5 Å². The molecule has 0 aromatic carbocycles. The molecule has 1 unspecified atom stereocenters. The SMILES string of the molecule is CCC(C)SCc1nc(C(C)C)c(CNC2CC2)s1. The highest BCUT2D eigenvalue weighted by molar-refractivity contribution is 7.99. The Morgan fingerprint density at radius 1 is 1.37 bits per heavy atom. The summed E-state index contributed by atoms with van der Waals surface area (Å²) < 4.78 is 0. The summed E-state index contributed by atoms with van der Waals surface area (Å²) in [5, 5.41) is 5.66. The molecule has 1 atom stereocenters. The van der Waals surface area contributed by atoms with E-state index in [9.17, 15) is 0 Å². The molecule has 1 aliphatic rings. The monoisotopic (exact) mass is 298 g/mol. The Bertz CT molecular complexity index is 397. The lowest BCUT2D eigenvalue weighted by atomic mass is 10.1. The Balaban J connectivity index is 1.96. The van der Waals surface area contributed by atoms with Gasteiger partial charge in [0.1, 0.15) is 5.01 Å². The molecule has 1 fully saturated rings. The van der Waals surface area contributed by atoms with E-state index in [2.05, 4.69) is 33.0 Å². The number of nitrogens with zero attached hydrogens (tertiary/aromatic N) is 1. The van der Waals surface area contributed by atoms with Crippen LogP contribution in [-0.4, -0.2) is 16.3 Å². The molecule has 0 spiro atoms. The summed E-state index contributed by atoms with van der Waals surface area (Å²) >= 11 is 3.94. The van der Waals surface area contributed by atoms with Crippen molar-refractivity contribution in [2.45, 2.75) is 76.5 Å². The third kappa shape index (κ3) is 4.76. The van der Waals surface area contributed by atoms with Gasteiger partial charge in [0.05, 0.1) is 5.69 Å². The van der Waals surface area contributed by atoms with E-state index in [1.807, 2.05) is 23.1 Å². The van der Waals surface area contributed by atoms with E-state index >= 15 is 0 Å². The maximum atomic E-state index is 4.87. The first-order valence-electron chi connectivity index (χ1n) is 7.43. The summed E-state index contributed by atoms with van der Waals surface area (Å²) in [7, 11) is 0. The third-order valence-corrected chi connectivity index (χ3v) is 6.11. The van der Waals surface area contributed by atoms with E-state index in [-0.39, 0.29) is 0 Å². The van der Waals surface area contributed by atoms with E-state index in [0.29, 0.717) is 5.92 Å². The van der Waals surface area contributed by atoms with Crippen molar-refractivity contribution >= 4 is 23.1 Å². The first-order valence-corrected chi connectivity index (χ1v) is 9.30. The fraction of sp³-hybridized carbons (Fsp3) is 0.800. The van der Waals surface area contributed by atoms with Gasteiger partial charge in [0.15, 0.2) is 0 Å². The highest BCUT2D eigenvalue weighted by Crippen LogP contribution is 2.30. The van der Waals surface area contributed by atoms with Crippen LogP contribution in [0.2, 0.25) is 0 Å². The average molecular weight is 299 g/mol. The minimum Gasteiger partial charge on any atom is -0.309 e. The van der Waals surface area contributed by atoms with Gasteiger partial charge in [-0.25, -0.2) is 4.98 Å². The van der Waals surface area contributed by atoms with Gasteiger partial charge in [-0.15, -0.1) is 11.3 Å². The van der Waals surface area contributed by atoms with E-state index in [1.54, 1.807) is 0 Å². The molecule has 0 amide bonds. The molecule has 19 heavy (non-hydrogen) atoms. The second kappa shape index (κ2) is 7.09. The first-order chi connectivity index (χ1) is 9.10. The molecule has 1 aromatic rings. The van der Waals surface area contributed by atoms with Crippen LogP contribution in [0.1, 0.15) is 68.5 Å². The van der Waals surface area contributed by atoms with Gasteiger partial charge >= 0.3 is 0 Å². The normalized spacial score (nSPS) is 17.1. The van der Waals surface area contributed by atoms with Gasteiger partial charge in [-0.05, 0) is 25.2 Å². The van der Waals surface area contributed by atoms with Crippen LogP contribution >= 0.6 is 23.1 Å². The van der Waals surface area contributed by atoms with E-state index in [0.717, 1.165) is 23.6 Å². The number of thiazole rings is 1. The molecular weight excluding hydrogens is 272 g/mol. The number of aromatic nitrogens is 1. The molecule has 0 radical (unpaired) electrons. The van der Waals surface area contributed by atoms with Crippen molar-refractivity contribution in [3.63, 3.8) is 0 Å². The van der Waals surface area contributed by atoms with Crippen LogP contribution < -0.4 is 5.32 Å². The molecule has 108 valence electrons. The predicted octanol–water partition coefficient (Wildman–Crippen LogP) is 4.55. The minimum atomic E-state index is 0.537. The molecular formula is C15H26N2S2. The zero-order valence-electron chi connectivity index (χ0n) is 12.5. The first kappa shape index (κ1) is 15.3. The van der Waals surface area contributed by atoms with Gasteiger partial charge < -0.3 is 5.32 Å². The molecule has 1 aliphatic carbocycles. The molecule has 1 N–H and O–H groups in total. The van der Waals surface area contributed by atoms with Crippen LogP contribution in [0.5, 0.6) is 0 Å². The summed E-state index contributed by atoms with van der Waals surface area (Å²) in [5.74, 6) is 1.61. The summed E-state index contributed by atoms with van der Waals surface area (Å²) in [6.45, 7) is 10.1. The third-order valence-electron chi connectivity index (χ3n) is 3.51. The maximum Gasteiger partial charge on any atom is 0.103 e. The molecule has 0 aliphatic heterocycles. The lowest BCUT2D eigenvalue weighted by Gasteiger charge is -2.05. The van der Waals surface area contributed by atoms with Crippen LogP contribution in [-0.2, 0) is 12.3 Å².